The summed E-state index contributed by atoms with van der Waals surface area (Å²) in [4.78, 5) is 7.70. The third-order valence-electron chi connectivity index (χ3n) is 1.26. The zero-order valence-electron chi connectivity index (χ0n) is 7.48. The number of aromatic nitrogens is 2. The van der Waals surface area contributed by atoms with Crippen molar-refractivity contribution >= 4 is 0 Å². The fourth-order valence-electron chi connectivity index (χ4n) is 0.698. The van der Waals surface area contributed by atoms with Gasteiger partial charge in [-0.25, -0.2) is 9.97 Å². The Hall–Kier alpha value is -1.60. The van der Waals surface area contributed by atoms with E-state index in [1.807, 2.05) is 0 Å². The maximum Gasteiger partial charge on any atom is 0.217 e. The second-order valence-electron chi connectivity index (χ2n) is 2.39. The highest BCUT2D eigenvalue weighted by atomic mass is 16.5. The number of rotatable bonds is 1. The molecule has 1 unspecified atom stereocenters. The molecule has 4 nitrogen and oxygen atoms in total. The van der Waals surface area contributed by atoms with Crippen LogP contribution >= 0.6 is 0 Å². The number of ether oxygens (including phenoxy) is 1. The molecule has 0 spiro atoms. The first kappa shape index (κ1) is 9.49. The first-order valence-electron chi connectivity index (χ1n) is 3.78. The van der Waals surface area contributed by atoms with Gasteiger partial charge in [-0.05, 0) is 12.8 Å². The van der Waals surface area contributed by atoms with Crippen molar-refractivity contribution < 1.29 is 9.84 Å². The van der Waals surface area contributed by atoms with Gasteiger partial charge in [-0.3, -0.25) is 0 Å². The lowest BCUT2D eigenvalue weighted by Gasteiger charge is -1.96. The highest BCUT2D eigenvalue weighted by Crippen LogP contribution is 2.03. The zero-order valence-corrected chi connectivity index (χ0v) is 7.48. The van der Waals surface area contributed by atoms with Crippen molar-refractivity contribution in [3.8, 4) is 17.7 Å². The molecule has 0 bridgehead atoms. The van der Waals surface area contributed by atoms with Crippen LogP contribution in [0.25, 0.3) is 0 Å². The largest absolute Gasteiger partial charge is 0.481 e. The molecule has 1 heterocycles. The normalized spacial score (nSPS) is 11.3. The minimum atomic E-state index is -0.652. The van der Waals surface area contributed by atoms with Gasteiger partial charge in [0.05, 0.1) is 7.11 Å². The molecule has 0 amide bonds. The first-order chi connectivity index (χ1) is 6.22. The monoisotopic (exact) mass is 178 g/mol. The Morgan fingerprint density at radius 3 is 2.92 bits per heavy atom. The van der Waals surface area contributed by atoms with Crippen molar-refractivity contribution in [3.63, 3.8) is 0 Å². The number of aliphatic hydroxyl groups excluding tert-OH is 1. The minimum absolute atomic E-state index is 0.463. The average molecular weight is 178 g/mol. The fraction of sp³-hybridized carbons (Fsp3) is 0.333. The van der Waals surface area contributed by atoms with Gasteiger partial charge in [-0.15, -0.1) is 0 Å². The highest BCUT2D eigenvalue weighted by Gasteiger charge is 1.94. The van der Waals surface area contributed by atoms with E-state index in [9.17, 15) is 0 Å². The molecule has 0 fully saturated rings. The van der Waals surface area contributed by atoms with Crippen LogP contribution in [0.15, 0.2) is 12.4 Å². The van der Waals surface area contributed by atoms with Crippen LogP contribution in [0.3, 0.4) is 0 Å². The Labute approximate surface area is 76.6 Å². The van der Waals surface area contributed by atoms with Crippen LogP contribution in [0.2, 0.25) is 0 Å². The molecular weight excluding hydrogens is 168 g/mol. The van der Waals surface area contributed by atoms with Crippen LogP contribution in [-0.4, -0.2) is 28.3 Å². The van der Waals surface area contributed by atoms with Crippen molar-refractivity contribution in [2.24, 2.45) is 0 Å². The maximum absolute atomic E-state index is 8.89. The Bertz CT molecular complexity index is 339. The zero-order chi connectivity index (χ0) is 9.68. The predicted octanol–water partition coefficient (Wildman–Crippen LogP) is 0.217. The van der Waals surface area contributed by atoms with Gasteiger partial charge in [0.1, 0.15) is 18.1 Å². The molecule has 0 saturated carbocycles. The van der Waals surface area contributed by atoms with Gasteiger partial charge in [0.25, 0.3) is 0 Å². The number of methoxy groups -OCH3 is 1. The summed E-state index contributed by atoms with van der Waals surface area (Å²) >= 11 is 0. The molecule has 1 N–H and O–H groups in total. The first-order valence-corrected chi connectivity index (χ1v) is 3.78. The number of hydrogen-bond acceptors (Lipinski definition) is 4. The summed E-state index contributed by atoms with van der Waals surface area (Å²) < 4.78 is 4.88. The summed E-state index contributed by atoms with van der Waals surface area (Å²) in [6.45, 7) is 1.59. The number of aliphatic hydroxyl groups is 1. The molecule has 0 saturated heterocycles. The second-order valence-corrected chi connectivity index (χ2v) is 2.39. The van der Waals surface area contributed by atoms with Crippen LogP contribution in [0.5, 0.6) is 5.88 Å². The lowest BCUT2D eigenvalue weighted by molar-refractivity contribution is 0.253. The SMILES string of the molecule is COc1cc(C#CC(C)O)ncn1. The molecule has 68 valence electrons. The van der Waals surface area contributed by atoms with Gasteiger partial charge in [0.2, 0.25) is 5.88 Å². The highest BCUT2D eigenvalue weighted by molar-refractivity contribution is 5.30. The van der Waals surface area contributed by atoms with E-state index in [-0.39, 0.29) is 0 Å². The maximum atomic E-state index is 8.89. The predicted molar refractivity (Wildman–Crippen MR) is 47.1 cm³/mol. The average Bonchev–Trinajstić information content (AvgIpc) is 2.15. The van der Waals surface area contributed by atoms with Gasteiger partial charge in [0, 0.05) is 6.07 Å². The molecule has 1 aromatic rings. The molecule has 1 atom stereocenters. The summed E-state index contributed by atoms with van der Waals surface area (Å²) in [7, 11) is 1.52. The standard InChI is InChI=1S/C9H10N2O2/c1-7(12)3-4-8-5-9(13-2)11-6-10-8/h5-7,12H,1-2H3. The molecule has 4 heteroatoms. The molecule has 13 heavy (non-hydrogen) atoms. The van der Waals surface area contributed by atoms with Gasteiger partial charge in [-0.2, -0.15) is 0 Å². The quantitative estimate of drug-likeness (QED) is 0.625. The van der Waals surface area contributed by atoms with Crippen LogP contribution in [0.4, 0.5) is 0 Å². The summed E-state index contributed by atoms with van der Waals surface area (Å²) in [5.41, 5.74) is 0.535. The van der Waals surface area contributed by atoms with Crippen molar-refractivity contribution in [3.05, 3.63) is 18.1 Å². The van der Waals surface area contributed by atoms with E-state index in [1.54, 1.807) is 13.0 Å². The number of nitrogens with zero attached hydrogens (tertiary/aromatic N) is 2. The minimum Gasteiger partial charge on any atom is -0.481 e. The molecule has 0 aliphatic carbocycles. The van der Waals surface area contributed by atoms with Gasteiger partial charge >= 0.3 is 0 Å². The summed E-state index contributed by atoms with van der Waals surface area (Å²) in [5, 5.41) is 8.89. The summed E-state index contributed by atoms with van der Waals surface area (Å²) in [6, 6.07) is 1.61. The van der Waals surface area contributed by atoms with E-state index < -0.39 is 6.10 Å². The lowest BCUT2D eigenvalue weighted by atomic mass is 10.3. The van der Waals surface area contributed by atoms with E-state index in [0.717, 1.165) is 0 Å². The summed E-state index contributed by atoms with van der Waals surface area (Å²) in [6.07, 6.45) is 0.714. The van der Waals surface area contributed by atoms with Crippen molar-refractivity contribution in [2.75, 3.05) is 7.11 Å². The third-order valence-corrected chi connectivity index (χ3v) is 1.26. The summed E-state index contributed by atoms with van der Waals surface area (Å²) in [5.74, 6) is 5.72. The fourth-order valence-corrected chi connectivity index (χ4v) is 0.698. The van der Waals surface area contributed by atoms with E-state index >= 15 is 0 Å². The van der Waals surface area contributed by atoms with Gasteiger partial charge in [-0.1, -0.05) is 5.92 Å². The number of hydrogen-bond donors (Lipinski definition) is 1. The van der Waals surface area contributed by atoms with Crippen molar-refractivity contribution in [1.29, 1.82) is 0 Å². The van der Waals surface area contributed by atoms with Crippen LogP contribution in [-0.2, 0) is 0 Å². The van der Waals surface area contributed by atoms with Crippen LogP contribution < -0.4 is 4.74 Å². The van der Waals surface area contributed by atoms with Gasteiger partial charge in [0.15, 0.2) is 0 Å². The topological polar surface area (TPSA) is 55.2 Å². The lowest BCUT2D eigenvalue weighted by Crippen LogP contribution is -1.94. The van der Waals surface area contributed by atoms with Crippen LogP contribution in [0, 0.1) is 11.8 Å². The van der Waals surface area contributed by atoms with E-state index in [4.69, 9.17) is 9.84 Å². The Morgan fingerprint density at radius 2 is 2.31 bits per heavy atom. The van der Waals surface area contributed by atoms with E-state index in [0.29, 0.717) is 11.6 Å². The molecule has 0 radical (unpaired) electrons. The van der Waals surface area contributed by atoms with Gasteiger partial charge < -0.3 is 9.84 Å². The van der Waals surface area contributed by atoms with Crippen molar-refractivity contribution in [2.45, 2.75) is 13.0 Å². The molecule has 1 aromatic heterocycles. The van der Waals surface area contributed by atoms with Crippen LogP contribution in [0.1, 0.15) is 12.6 Å². The smallest absolute Gasteiger partial charge is 0.217 e. The Morgan fingerprint density at radius 1 is 1.54 bits per heavy atom. The molecule has 0 aliphatic rings. The second kappa shape index (κ2) is 4.43. The van der Waals surface area contributed by atoms with E-state index in [2.05, 4.69) is 21.8 Å². The molecule has 1 rings (SSSR count). The molecular formula is C9H10N2O2. The third kappa shape index (κ3) is 3.09. The Kier molecular flexibility index (Phi) is 3.23. The van der Waals surface area contributed by atoms with Crippen molar-refractivity contribution in [1.82, 2.24) is 9.97 Å². The Balaban J connectivity index is 2.85. The van der Waals surface area contributed by atoms with E-state index in [1.165, 1.54) is 13.4 Å². The molecule has 0 aliphatic heterocycles. The molecule has 0 aromatic carbocycles.